The van der Waals surface area contributed by atoms with Crippen LogP contribution in [0.5, 0.6) is 0 Å². The molecule has 11 heteroatoms. The highest BCUT2D eigenvalue weighted by Gasteiger charge is 2.34. The van der Waals surface area contributed by atoms with Gasteiger partial charge in [0.2, 0.25) is 0 Å². The number of aromatic nitrogens is 2. The van der Waals surface area contributed by atoms with Gasteiger partial charge in [0.1, 0.15) is 28.8 Å². The number of rotatable bonds is 4. The molecular weight excluding hydrogens is 499 g/mol. The molecule has 3 aromatic rings. The molecule has 0 bridgehead atoms. The molecule has 1 aliphatic heterocycles. The van der Waals surface area contributed by atoms with Crippen molar-refractivity contribution in [2.24, 2.45) is 11.7 Å². The number of halogens is 3. The topological polar surface area (TPSA) is 125 Å². The van der Waals surface area contributed by atoms with Crippen molar-refractivity contribution in [2.45, 2.75) is 38.3 Å². The smallest absolute Gasteiger partial charge is 0.274 e. The van der Waals surface area contributed by atoms with Crippen molar-refractivity contribution in [3.05, 3.63) is 70.9 Å². The van der Waals surface area contributed by atoms with Gasteiger partial charge in [0, 0.05) is 37.9 Å². The number of benzene rings is 1. The van der Waals surface area contributed by atoms with Crippen molar-refractivity contribution < 1.29 is 28.2 Å². The second-order valence-corrected chi connectivity index (χ2v) is 9.41. The molecule has 5 N–H and O–H groups in total. The fraction of sp³-hybridized carbons (Fsp3) is 0.370. The third-order valence-corrected chi connectivity index (χ3v) is 6.88. The number of aliphatic hydroxyl groups excluding tert-OH is 2. The van der Waals surface area contributed by atoms with Crippen LogP contribution in [0.25, 0.3) is 11.3 Å². The summed E-state index contributed by atoms with van der Waals surface area (Å²) in [6.07, 6.45) is 3.48. The van der Waals surface area contributed by atoms with Crippen molar-refractivity contribution in [3.8, 4) is 11.3 Å². The molecule has 202 valence electrons. The Morgan fingerprint density at radius 1 is 1.08 bits per heavy atom. The van der Waals surface area contributed by atoms with Gasteiger partial charge in [-0.05, 0) is 49.1 Å². The Kier molecular flexibility index (Phi) is 8.29. The molecule has 8 nitrogen and oxygen atoms in total. The van der Waals surface area contributed by atoms with Crippen molar-refractivity contribution >= 4 is 17.3 Å². The molecule has 5 rings (SSSR count). The lowest BCUT2D eigenvalue weighted by atomic mass is 9.92. The van der Waals surface area contributed by atoms with E-state index < -0.39 is 46.8 Å². The standard InChI is InChI=1S/C26H26F3N5O2.CH4O/c1-13-11-34(12-18(30)25(13)35)24-14-4-2-7-19(14)31-10-21(24)33-26(36)20-9-8-17(29)23(32-20)22-15(27)5-3-6-16(22)28;1-2/h3,5-6,8-10,13,18,25,35H,2,4,7,11-12,30H2,1H3,(H,33,36);2H,1H3/t13-,18+,25+;/m0./s1. The zero-order valence-electron chi connectivity index (χ0n) is 21.1. The molecule has 1 aromatic carbocycles. The highest BCUT2D eigenvalue weighted by molar-refractivity contribution is 6.05. The SMILES string of the molecule is CO.C[C@H]1CN(c2c(NC(=O)c3ccc(F)c(-c4c(F)cccc4F)n3)cnc3c2CCC3)C[C@@H](N)[C@@H]1O. The van der Waals surface area contributed by atoms with Crippen LogP contribution in [0.4, 0.5) is 24.5 Å². The van der Waals surface area contributed by atoms with Crippen molar-refractivity contribution in [2.75, 3.05) is 30.4 Å². The number of nitrogens with two attached hydrogens (primary N) is 1. The van der Waals surface area contributed by atoms with Crippen molar-refractivity contribution in [1.82, 2.24) is 9.97 Å². The first-order chi connectivity index (χ1) is 18.2. The molecule has 1 aliphatic carbocycles. The number of aryl methyl sites for hydroxylation is 1. The quantitative estimate of drug-likeness (QED) is 0.410. The summed E-state index contributed by atoms with van der Waals surface area (Å²) >= 11 is 0. The normalized spacial score (nSPS) is 20.4. The Balaban J connectivity index is 0.00000164. The van der Waals surface area contributed by atoms with E-state index in [0.717, 1.165) is 73.6 Å². The van der Waals surface area contributed by atoms with Gasteiger partial charge < -0.3 is 26.2 Å². The Morgan fingerprint density at radius 2 is 1.79 bits per heavy atom. The predicted octanol–water partition coefficient (Wildman–Crippen LogP) is 3.05. The van der Waals surface area contributed by atoms with E-state index in [4.69, 9.17) is 10.8 Å². The van der Waals surface area contributed by atoms with Gasteiger partial charge in [0.15, 0.2) is 0 Å². The van der Waals surface area contributed by atoms with Gasteiger partial charge in [0.05, 0.1) is 29.2 Å². The first kappa shape index (κ1) is 27.5. The molecule has 38 heavy (non-hydrogen) atoms. The molecule has 0 unspecified atom stereocenters. The van der Waals surface area contributed by atoms with Gasteiger partial charge in [-0.25, -0.2) is 18.2 Å². The van der Waals surface area contributed by atoms with Crippen LogP contribution in [0.2, 0.25) is 0 Å². The number of carbonyl (C=O) groups is 1. The number of hydrogen-bond donors (Lipinski definition) is 4. The van der Waals surface area contributed by atoms with Crippen LogP contribution in [-0.4, -0.2) is 58.4 Å². The van der Waals surface area contributed by atoms with Crippen molar-refractivity contribution in [3.63, 3.8) is 0 Å². The van der Waals surface area contributed by atoms with Gasteiger partial charge in [-0.3, -0.25) is 9.78 Å². The number of nitrogens with zero attached hydrogens (tertiary/aromatic N) is 3. The second-order valence-electron chi connectivity index (χ2n) is 9.41. The maximum Gasteiger partial charge on any atom is 0.274 e. The minimum atomic E-state index is -0.984. The van der Waals surface area contributed by atoms with E-state index in [9.17, 15) is 23.1 Å². The molecular formula is C27H30F3N5O3. The van der Waals surface area contributed by atoms with E-state index in [2.05, 4.69) is 20.2 Å². The fourth-order valence-corrected chi connectivity index (χ4v) is 5.10. The lowest BCUT2D eigenvalue weighted by Gasteiger charge is -2.41. The van der Waals surface area contributed by atoms with Gasteiger partial charge in [-0.2, -0.15) is 0 Å². The van der Waals surface area contributed by atoms with Gasteiger partial charge in [-0.15, -0.1) is 0 Å². The third-order valence-electron chi connectivity index (χ3n) is 6.88. The van der Waals surface area contributed by atoms with Crippen LogP contribution in [0.1, 0.15) is 35.1 Å². The number of carbonyl (C=O) groups excluding carboxylic acids is 1. The van der Waals surface area contributed by atoms with Crippen LogP contribution in [0.3, 0.4) is 0 Å². The van der Waals surface area contributed by atoms with E-state index in [1.165, 1.54) is 0 Å². The molecule has 3 heterocycles. The largest absolute Gasteiger partial charge is 0.400 e. The summed E-state index contributed by atoms with van der Waals surface area (Å²) in [4.78, 5) is 23.7. The van der Waals surface area contributed by atoms with E-state index >= 15 is 0 Å². The molecule has 3 atom stereocenters. The minimum absolute atomic E-state index is 0.0838. The van der Waals surface area contributed by atoms with Crippen LogP contribution < -0.4 is 16.0 Å². The monoisotopic (exact) mass is 529 g/mol. The fourth-order valence-electron chi connectivity index (χ4n) is 5.10. The first-order valence-electron chi connectivity index (χ1n) is 12.3. The Morgan fingerprint density at radius 3 is 2.47 bits per heavy atom. The zero-order chi connectivity index (χ0) is 27.6. The molecule has 0 radical (unpaired) electrons. The minimum Gasteiger partial charge on any atom is -0.400 e. The Hall–Kier alpha value is -3.54. The predicted molar refractivity (Wildman–Crippen MR) is 137 cm³/mol. The Labute approximate surface area is 218 Å². The number of aliphatic hydroxyl groups is 2. The molecule has 1 fully saturated rings. The average molecular weight is 530 g/mol. The van der Waals surface area contributed by atoms with Crippen LogP contribution in [0, 0.1) is 23.4 Å². The maximum atomic E-state index is 14.5. The second kappa shape index (κ2) is 11.5. The maximum absolute atomic E-state index is 14.5. The molecule has 0 spiro atoms. The first-order valence-corrected chi connectivity index (χ1v) is 12.3. The number of anilines is 2. The average Bonchev–Trinajstić information content (AvgIpc) is 3.38. The highest BCUT2D eigenvalue weighted by atomic mass is 19.1. The van der Waals surface area contributed by atoms with Crippen LogP contribution in [0.15, 0.2) is 36.5 Å². The summed E-state index contributed by atoms with van der Waals surface area (Å²) in [5.74, 6) is -3.68. The van der Waals surface area contributed by atoms with Crippen LogP contribution in [-0.2, 0) is 12.8 Å². The van der Waals surface area contributed by atoms with Crippen LogP contribution >= 0.6 is 0 Å². The summed E-state index contributed by atoms with van der Waals surface area (Å²) in [5, 5.41) is 20.1. The number of piperidine rings is 1. The van der Waals surface area contributed by atoms with Gasteiger partial charge >= 0.3 is 0 Å². The van der Waals surface area contributed by atoms with Gasteiger partial charge in [-0.1, -0.05) is 13.0 Å². The summed E-state index contributed by atoms with van der Waals surface area (Å²) in [5.41, 5.74) is 7.95. The number of amides is 1. The third kappa shape index (κ3) is 5.22. The number of pyridine rings is 2. The lowest BCUT2D eigenvalue weighted by molar-refractivity contribution is 0.0785. The van der Waals surface area contributed by atoms with E-state index in [1.807, 2.05) is 6.92 Å². The van der Waals surface area contributed by atoms with E-state index in [-0.39, 0.29) is 11.6 Å². The summed E-state index contributed by atoms with van der Waals surface area (Å²) < 4.78 is 43.1. The Bertz CT molecular complexity index is 1310. The van der Waals surface area contributed by atoms with E-state index in [1.54, 1.807) is 6.20 Å². The summed E-state index contributed by atoms with van der Waals surface area (Å²) in [6, 6.07) is 4.81. The highest BCUT2D eigenvalue weighted by Crippen LogP contribution is 2.38. The molecule has 2 aromatic heterocycles. The summed E-state index contributed by atoms with van der Waals surface area (Å²) in [7, 11) is 1.00. The molecule has 0 saturated carbocycles. The number of nitrogens with one attached hydrogen (secondary N) is 1. The van der Waals surface area contributed by atoms with Crippen molar-refractivity contribution in [1.29, 1.82) is 0 Å². The molecule has 1 amide bonds. The summed E-state index contributed by atoms with van der Waals surface area (Å²) in [6.45, 7) is 2.86. The number of fused-ring (bicyclic) bond motifs is 1. The molecule has 1 saturated heterocycles. The molecule has 2 aliphatic rings. The zero-order valence-corrected chi connectivity index (χ0v) is 21.1. The van der Waals surface area contributed by atoms with E-state index in [0.29, 0.717) is 18.8 Å². The lowest BCUT2D eigenvalue weighted by Crippen LogP contribution is -2.56. The number of hydrogen-bond acceptors (Lipinski definition) is 7. The van der Waals surface area contributed by atoms with Gasteiger partial charge in [0.25, 0.3) is 5.91 Å².